The van der Waals surface area contributed by atoms with Crippen LogP contribution in [0.1, 0.15) is 32.1 Å². The van der Waals surface area contributed by atoms with Crippen LogP contribution in [0.15, 0.2) is 0 Å². The Morgan fingerprint density at radius 1 is 1.42 bits per heavy atom. The molecule has 0 unspecified atom stereocenters. The third kappa shape index (κ3) is 1.12. The standard InChI is InChI=1S/C9H14O3/c1-11-8(10)7-9(12-7)5-3-2-4-6-9/h7H,2-6H2,1H3/t7-/m1/s1. The maximum Gasteiger partial charge on any atom is 0.338 e. The summed E-state index contributed by atoms with van der Waals surface area (Å²) in [6.45, 7) is 0. The van der Waals surface area contributed by atoms with E-state index in [2.05, 4.69) is 4.74 Å². The van der Waals surface area contributed by atoms with E-state index in [4.69, 9.17) is 4.74 Å². The van der Waals surface area contributed by atoms with Crippen LogP contribution < -0.4 is 0 Å². The quantitative estimate of drug-likeness (QED) is 0.439. The molecule has 0 N–H and O–H groups in total. The number of carbonyl (C=O) groups is 1. The summed E-state index contributed by atoms with van der Waals surface area (Å²) in [6.07, 6.45) is 5.47. The fourth-order valence-electron chi connectivity index (χ4n) is 2.10. The van der Waals surface area contributed by atoms with Crippen molar-refractivity contribution in [3.8, 4) is 0 Å². The van der Waals surface area contributed by atoms with E-state index in [-0.39, 0.29) is 17.7 Å². The van der Waals surface area contributed by atoms with Gasteiger partial charge in [-0.05, 0) is 12.8 Å². The van der Waals surface area contributed by atoms with Crippen molar-refractivity contribution in [2.24, 2.45) is 0 Å². The summed E-state index contributed by atoms with van der Waals surface area (Å²) >= 11 is 0. The number of ether oxygens (including phenoxy) is 2. The van der Waals surface area contributed by atoms with Crippen molar-refractivity contribution in [1.82, 2.24) is 0 Å². The highest BCUT2D eigenvalue weighted by atomic mass is 16.7. The van der Waals surface area contributed by atoms with E-state index in [0.29, 0.717) is 0 Å². The van der Waals surface area contributed by atoms with Gasteiger partial charge < -0.3 is 9.47 Å². The van der Waals surface area contributed by atoms with Gasteiger partial charge >= 0.3 is 5.97 Å². The Bertz CT molecular complexity index is 194. The Hall–Kier alpha value is -0.570. The highest BCUT2D eigenvalue weighted by Gasteiger charge is 2.60. The lowest BCUT2D eigenvalue weighted by molar-refractivity contribution is -0.142. The van der Waals surface area contributed by atoms with Gasteiger partial charge in [-0.1, -0.05) is 19.3 Å². The first kappa shape index (κ1) is 8.05. The number of hydrogen-bond donors (Lipinski definition) is 0. The lowest BCUT2D eigenvalue weighted by atomic mass is 9.86. The average molecular weight is 170 g/mol. The molecule has 0 bridgehead atoms. The molecule has 0 radical (unpaired) electrons. The van der Waals surface area contributed by atoms with Crippen LogP contribution in [0.3, 0.4) is 0 Å². The topological polar surface area (TPSA) is 38.8 Å². The van der Waals surface area contributed by atoms with Crippen LogP contribution in [0, 0.1) is 0 Å². The zero-order valence-corrected chi connectivity index (χ0v) is 7.34. The van der Waals surface area contributed by atoms with Crippen molar-refractivity contribution in [2.45, 2.75) is 43.8 Å². The molecular formula is C9H14O3. The number of methoxy groups -OCH3 is 1. The van der Waals surface area contributed by atoms with Crippen LogP contribution in [0.25, 0.3) is 0 Å². The van der Waals surface area contributed by atoms with Gasteiger partial charge in [0.1, 0.15) is 5.60 Å². The first-order chi connectivity index (χ1) is 5.78. The molecule has 1 spiro atoms. The second-order valence-corrected chi connectivity index (χ2v) is 3.65. The molecule has 12 heavy (non-hydrogen) atoms. The normalized spacial score (nSPS) is 31.6. The molecule has 0 aromatic carbocycles. The second kappa shape index (κ2) is 2.73. The van der Waals surface area contributed by atoms with Crippen molar-refractivity contribution < 1.29 is 14.3 Å². The van der Waals surface area contributed by atoms with Gasteiger partial charge in [-0.2, -0.15) is 0 Å². The lowest BCUT2D eigenvalue weighted by Crippen LogP contribution is -2.24. The van der Waals surface area contributed by atoms with Gasteiger partial charge in [-0.25, -0.2) is 4.79 Å². The third-order valence-corrected chi connectivity index (χ3v) is 2.89. The predicted octanol–water partition coefficient (Wildman–Crippen LogP) is 1.26. The van der Waals surface area contributed by atoms with Crippen molar-refractivity contribution in [3.05, 3.63) is 0 Å². The lowest BCUT2D eigenvalue weighted by Gasteiger charge is -2.17. The number of carbonyl (C=O) groups excluding carboxylic acids is 1. The number of rotatable bonds is 1. The van der Waals surface area contributed by atoms with Crippen LogP contribution in [0.2, 0.25) is 0 Å². The van der Waals surface area contributed by atoms with E-state index in [0.717, 1.165) is 12.8 Å². The number of esters is 1. The van der Waals surface area contributed by atoms with E-state index < -0.39 is 0 Å². The molecule has 1 aliphatic heterocycles. The molecule has 1 heterocycles. The molecule has 2 rings (SSSR count). The fourth-order valence-corrected chi connectivity index (χ4v) is 2.10. The maximum atomic E-state index is 11.1. The van der Waals surface area contributed by atoms with Crippen LogP contribution in [-0.2, 0) is 14.3 Å². The minimum atomic E-state index is -0.247. The molecule has 0 aromatic heterocycles. The van der Waals surface area contributed by atoms with E-state index in [1.807, 2.05) is 0 Å². The highest BCUT2D eigenvalue weighted by Crippen LogP contribution is 2.48. The minimum absolute atomic E-state index is 0.106. The molecule has 68 valence electrons. The van der Waals surface area contributed by atoms with Gasteiger partial charge in [-0.3, -0.25) is 0 Å². The van der Waals surface area contributed by atoms with Gasteiger partial charge in [0.2, 0.25) is 0 Å². The Labute approximate surface area is 72.0 Å². The molecule has 2 aliphatic rings. The van der Waals surface area contributed by atoms with Crippen molar-refractivity contribution in [2.75, 3.05) is 7.11 Å². The summed E-state index contributed by atoms with van der Waals surface area (Å²) in [6, 6.07) is 0. The van der Waals surface area contributed by atoms with E-state index in [9.17, 15) is 4.79 Å². The van der Waals surface area contributed by atoms with Crippen molar-refractivity contribution in [3.63, 3.8) is 0 Å². The van der Waals surface area contributed by atoms with Gasteiger partial charge in [0, 0.05) is 0 Å². The summed E-state index contributed by atoms with van der Waals surface area (Å²) in [7, 11) is 1.42. The predicted molar refractivity (Wildman–Crippen MR) is 42.7 cm³/mol. The largest absolute Gasteiger partial charge is 0.467 e. The molecule has 1 atom stereocenters. The first-order valence-electron chi connectivity index (χ1n) is 4.54. The second-order valence-electron chi connectivity index (χ2n) is 3.65. The molecule has 3 heteroatoms. The van der Waals surface area contributed by atoms with Crippen molar-refractivity contribution in [1.29, 1.82) is 0 Å². The zero-order chi connectivity index (χ0) is 8.60. The fraction of sp³-hybridized carbons (Fsp3) is 0.889. The minimum Gasteiger partial charge on any atom is -0.467 e. The van der Waals surface area contributed by atoms with Gasteiger partial charge in [0.25, 0.3) is 0 Å². The van der Waals surface area contributed by atoms with E-state index >= 15 is 0 Å². The smallest absolute Gasteiger partial charge is 0.338 e. The average Bonchev–Trinajstić information content (AvgIpc) is 2.80. The summed E-state index contributed by atoms with van der Waals surface area (Å²) in [5, 5.41) is 0. The number of hydrogen-bond acceptors (Lipinski definition) is 3. The van der Waals surface area contributed by atoms with Crippen LogP contribution in [0.4, 0.5) is 0 Å². The Morgan fingerprint density at radius 3 is 2.67 bits per heavy atom. The van der Waals surface area contributed by atoms with Crippen LogP contribution in [-0.4, -0.2) is 24.8 Å². The molecular weight excluding hydrogens is 156 g/mol. The van der Waals surface area contributed by atoms with Gasteiger partial charge in [0.05, 0.1) is 7.11 Å². The van der Waals surface area contributed by atoms with Crippen molar-refractivity contribution >= 4 is 5.97 Å². The summed E-state index contributed by atoms with van der Waals surface area (Å²) in [5.41, 5.74) is -0.106. The highest BCUT2D eigenvalue weighted by molar-refractivity contribution is 5.79. The van der Waals surface area contributed by atoms with Gasteiger partial charge in [-0.15, -0.1) is 0 Å². The summed E-state index contributed by atoms with van der Waals surface area (Å²) in [4.78, 5) is 11.1. The molecule has 0 amide bonds. The summed E-state index contributed by atoms with van der Waals surface area (Å²) in [5.74, 6) is -0.197. The molecule has 1 saturated carbocycles. The maximum absolute atomic E-state index is 11.1. The van der Waals surface area contributed by atoms with Crippen LogP contribution >= 0.6 is 0 Å². The summed E-state index contributed by atoms with van der Waals surface area (Å²) < 4.78 is 10.1. The molecule has 1 saturated heterocycles. The van der Waals surface area contributed by atoms with E-state index in [1.165, 1.54) is 26.4 Å². The SMILES string of the molecule is COC(=O)[C@H]1OC12CCCCC2. The zero-order valence-electron chi connectivity index (χ0n) is 7.34. The monoisotopic (exact) mass is 170 g/mol. The Kier molecular flexibility index (Phi) is 1.83. The van der Waals surface area contributed by atoms with E-state index in [1.54, 1.807) is 0 Å². The number of epoxide rings is 1. The Morgan fingerprint density at radius 2 is 2.08 bits per heavy atom. The molecule has 2 fully saturated rings. The third-order valence-electron chi connectivity index (χ3n) is 2.89. The van der Waals surface area contributed by atoms with Gasteiger partial charge in [0.15, 0.2) is 6.10 Å². The molecule has 0 aromatic rings. The van der Waals surface area contributed by atoms with Crippen LogP contribution in [0.5, 0.6) is 0 Å². The molecule has 1 aliphatic carbocycles. The first-order valence-corrected chi connectivity index (χ1v) is 4.54. The molecule has 3 nitrogen and oxygen atoms in total. The Balaban J connectivity index is 1.95.